The predicted octanol–water partition coefficient (Wildman–Crippen LogP) is 6.61. The summed E-state index contributed by atoms with van der Waals surface area (Å²) in [6, 6.07) is 0. The maximum atomic E-state index is 10.2. The maximum Gasteiger partial charge on any atom is 0.200 e. The fourth-order valence-corrected chi connectivity index (χ4v) is 4.29. The van der Waals surface area contributed by atoms with Crippen LogP contribution in [0.15, 0.2) is 17.1 Å². The van der Waals surface area contributed by atoms with Gasteiger partial charge in [-0.1, -0.05) is 70.4 Å². The van der Waals surface area contributed by atoms with E-state index in [9.17, 15) is 5.11 Å². The first-order chi connectivity index (χ1) is 13.2. The molecule has 1 aliphatic heterocycles. The molecule has 3 nitrogen and oxygen atoms in total. The zero-order valence-corrected chi connectivity index (χ0v) is 18.6. The van der Waals surface area contributed by atoms with Crippen LogP contribution < -0.4 is 0 Å². The average Bonchev–Trinajstić information content (AvgIpc) is 3.09. The van der Waals surface area contributed by atoms with Gasteiger partial charge in [-0.05, 0) is 39.0 Å². The van der Waals surface area contributed by atoms with E-state index in [0.717, 1.165) is 26.1 Å². The molecule has 0 radical (unpaired) electrons. The summed E-state index contributed by atoms with van der Waals surface area (Å²) in [5.41, 5.74) is 0. The number of hydrogen-bond acceptors (Lipinski definition) is 2. The van der Waals surface area contributed by atoms with Gasteiger partial charge in [0.05, 0.1) is 13.1 Å². The Hall–Kier alpha value is -0.670. The van der Waals surface area contributed by atoms with Crippen molar-refractivity contribution in [2.75, 3.05) is 19.6 Å². The van der Waals surface area contributed by atoms with E-state index in [1.807, 2.05) is 6.92 Å². The Morgan fingerprint density at radius 1 is 0.889 bits per heavy atom. The van der Waals surface area contributed by atoms with Crippen LogP contribution >= 0.6 is 0 Å². The van der Waals surface area contributed by atoms with Crippen LogP contribution in [0.25, 0.3) is 0 Å². The third-order valence-corrected chi connectivity index (χ3v) is 6.25. The van der Waals surface area contributed by atoms with Crippen LogP contribution in [0, 0.1) is 0 Å². The van der Waals surface area contributed by atoms with E-state index in [1.54, 1.807) is 0 Å². The highest BCUT2D eigenvalue weighted by Crippen LogP contribution is 2.22. The third kappa shape index (κ3) is 9.38. The molecule has 158 valence electrons. The molecule has 0 aromatic heterocycles. The van der Waals surface area contributed by atoms with Crippen molar-refractivity contribution in [3.63, 3.8) is 0 Å². The SMILES string of the molecule is CCCCCCCC/C=C/CCCCCCCC1=NCC[N+]1(CC)C(C)O. The average molecular weight is 380 g/mol. The summed E-state index contributed by atoms with van der Waals surface area (Å²) < 4.78 is 0.712. The Kier molecular flexibility index (Phi) is 13.8. The van der Waals surface area contributed by atoms with Crippen LogP contribution in [0.3, 0.4) is 0 Å². The van der Waals surface area contributed by atoms with E-state index in [-0.39, 0.29) is 6.23 Å². The number of aliphatic hydroxyl groups is 1. The summed E-state index contributed by atoms with van der Waals surface area (Å²) in [5.74, 6) is 1.24. The van der Waals surface area contributed by atoms with Crippen molar-refractivity contribution >= 4 is 5.84 Å². The predicted molar refractivity (Wildman–Crippen MR) is 119 cm³/mol. The van der Waals surface area contributed by atoms with Gasteiger partial charge in [0.1, 0.15) is 6.54 Å². The Balaban J connectivity index is 1.95. The van der Waals surface area contributed by atoms with Gasteiger partial charge in [-0.3, -0.25) is 4.48 Å². The van der Waals surface area contributed by atoms with Gasteiger partial charge >= 0.3 is 0 Å². The number of unbranched alkanes of at least 4 members (excludes halogenated alkanes) is 11. The fourth-order valence-electron chi connectivity index (χ4n) is 4.29. The number of amidine groups is 1. The summed E-state index contributed by atoms with van der Waals surface area (Å²) in [7, 11) is 0. The molecule has 1 aliphatic rings. The lowest BCUT2D eigenvalue weighted by molar-refractivity contribution is -0.882. The van der Waals surface area contributed by atoms with Gasteiger partial charge in [-0.25, -0.2) is 4.99 Å². The highest BCUT2D eigenvalue weighted by atomic mass is 16.3. The number of hydrogen-bond donors (Lipinski definition) is 1. The summed E-state index contributed by atoms with van der Waals surface area (Å²) in [6.07, 6.45) is 23.0. The van der Waals surface area contributed by atoms with E-state index in [2.05, 4.69) is 26.0 Å². The van der Waals surface area contributed by atoms with Crippen LogP contribution in [-0.2, 0) is 0 Å². The second kappa shape index (κ2) is 15.3. The molecule has 1 N–H and O–H groups in total. The molecule has 0 saturated carbocycles. The molecule has 1 rings (SSSR count). The van der Waals surface area contributed by atoms with E-state index < -0.39 is 0 Å². The summed E-state index contributed by atoms with van der Waals surface area (Å²) in [6.45, 7) is 9.20. The van der Waals surface area contributed by atoms with Crippen molar-refractivity contribution in [2.24, 2.45) is 4.99 Å². The van der Waals surface area contributed by atoms with Gasteiger partial charge in [0.15, 0.2) is 6.23 Å². The zero-order valence-electron chi connectivity index (χ0n) is 18.6. The molecule has 2 atom stereocenters. The van der Waals surface area contributed by atoms with Crippen LogP contribution in [-0.4, -0.2) is 41.3 Å². The van der Waals surface area contributed by atoms with Crippen molar-refractivity contribution in [3.05, 3.63) is 12.2 Å². The number of aliphatic hydroxyl groups excluding tert-OH is 1. The molecule has 0 aliphatic carbocycles. The van der Waals surface area contributed by atoms with Crippen molar-refractivity contribution in [1.82, 2.24) is 0 Å². The molecule has 2 unspecified atom stereocenters. The number of allylic oxidation sites excluding steroid dienone is 2. The second-order valence-electron chi connectivity index (χ2n) is 8.34. The van der Waals surface area contributed by atoms with Gasteiger partial charge in [0.2, 0.25) is 5.84 Å². The van der Waals surface area contributed by atoms with Crippen molar-refractivity contribution in [2.45, 2.75) is 117 Å². The van der Waals surface area contributed by atoms with Crippen molar-refractivity contribution in [1.29, 1.82) is 0 Å². The van der Waals surface area contributed by atoms with Crippen LogP contribution in [0.2, 0.25) is 0 Å². The summed E-state index contributed by atoms with van der Waals surface area (Å²) in [4.78, 5) is 4.70. The van der Waals surface area contributed by atoms with Gasteiger partial charge < -0.3 is 5.11 Å². The minimum atomic E-state index is -0.320. The summed E-state index contributed by atoms with van der Waals surface area (Å²) >= 11 is 0. The van der Waals surface area contributed by atoms with Gasteiger partial charge in [0, 0.05) is 13.3 Å². The smallest absolute Gasteiger partial charge is 0.200 e. The minimum Gasteiger partial charge on any atom is -0.345 e. The highest BCUT2D eigenvalue weighted by Gasteiger charge is 2.40. The largest absolute Gasteiger partial charge is 0.345 e. The molecule has 3 heteroatoms. The van der Waals surface area contributed by atoms with E-state index >= 15 is 0 Å². The normalized spacial score (nSPS) is 21.1. The monoisotopic (exact) mass is 379 g/mol. The number of nitrogens with zero attached hydrogens (tertiary/aromatic N) is 2. The first-order valence-corrected chi connectivity index (χ1v) is 11.9. The minimum absolute atomic E-state index is 0.320. The molecule has 0 fully saturated rings. The number of aliphatic imine (C=N–C) groups is 1. The first-order valence-electron chi connectivity index (χ1n) is 11.9. The lowest BCUT2D eigenvalue weighted by atomic mass is 10.1. The summed E-state index contributed by atoms with van der Waals surface area (Å²) in [5, 5.41) is 10.2. The van der Waals surface area contributed by atoms with Gasteiger partial charge in [-0.2, -0.15) is 0 Å². The van der Waals surface area contributed by atoms with Crippen molar-refractivity contribution in [3.8, 4) is 0 Å². The Morgan fingerprint density at radius 2 is 1.44 bits per heavy atom. The number of rotatable bonds is 17. The molecule has 0 aromatic rings. The molecule has 0 spiro atoms. The molecule has 0 bridgehead atoms. The lowest BCUT2D eigenvalue weighted by Crippen LogP contribution is -2.56. The fraction of sp³-hybridized carbons (Fsp3) is 0.875. The molecular formula is C24H47N2O+. The van der Waals surface area contributed by atoms with E-state index in [0.29, 0.717) is 4.48 Å². The molecule has 27 heavy (non-hydrogen) atoms. The Morgan fingerprint density at radius 3 is 2.00 bits per heavy atom. The standard InChI is InChI=1S/C24H47N2O/c1-4-6-7-8-9-10-11-12-13-14-15-16-17-18-19-20-24-25-21-22-26(24,5-2)23(3)27/h12-13,23,27H,4-11,14-22H2,1-3H3/q+1/b13-12+. The van der Waals surface area contributed by atoms with Crippen LogP contribution in [0.4, 0.5) is 0 Å². The molecule has 0 aromatic carbocycles. The topological polar surface area (TPSA) is 32.6 Å². The molecule has 0 amide bonds. The van der Waals surface area contributed by atoms with Gasteiger partial charge in [0.25, 0.3) is 0 Å². The second-order valence-corrected chi connectivity index (χ2v) is 8.34. The van der Waals surface area contributed by atoms with Gasteiger partial charge in [-0.15, -0.1) is 0 Å². The Bertz CT molecular complexity index is 417. The molecular weight excluding hydrogens is 332 g/mol. The zero-order chi connectivity index (χ0) is 19.8. The first kappa shape index (κ1) is 24.4. The van der Waals surface area contributed by atoms with Crippen LogP contribution in [0.1, 0.15) is 111 Å². The third-order valence-electron chi connectivity index (χ3n) is 6.25. The van der Waals surface area contributed by atoms with E-state index in [4.69, 9.17) is 4.99 Å². The molecule has 1 heterocycles. The highest BCUT2D eigenvalue weighted by molar-refractivity contribution is 5.76. The van der Waals surface area contributed by atoms with Crippen LogP contribution in [0.5, 0.6) is 0 Å². The van der Waals surface area contributed by atoms with E-state index in [1.165, 1.54) is 89.3 Å². The lowest BCUT2D eigenvalue weighted by Gasteiger charge is -2.36. The number of likely N-dealkylation sites (N-methyl/N-ethyl adjacent to an activating group) is 1. The quantitative estimate of drug-likeness (QED) is 0.172. The van der Waals surface area contributed by atoms with Crippen molar-refractivity contribution < 1.29 is 9.59 Å². The number of quaternary nitrogens is 1. The maximum absolute atomic E-state index is 10.2. The molecule has 0 saturated heterocycles. The Labute approximate surface area is 169 Å².